The summed E-state index contributed by atoms with van der Waals surface area (Å²) in [5.74, 6) is -2.80. The summed E-state index contributed by atoms with van der Waals surface area (Å²) in [4.78, 5) is 10.6. The molecule has 0 saturated carbocycles. The van der Waals surface area contributed by atoms with Crippen molar-refractivity contribution in [3.63, 3.8) is 0 Å². The van der Waals surface area contributed by atoms with Crippen LogP contribution in [-0.4, -0.2) is 21.0 Å². The Morgan fingerprint density at radius 2 is 1.87 bits per heavy atom. The Morgan fingerprint density at radius 3 is 2.53 bits per heavy atom. The van der Waals surface area contributed by atoms with E-state index in [0.717, 1.165) is 0 Å². The van der Waals surface area contributed by atoms with Gasteiger partial charge in [-0.15, -0.1) is 5.10 Å². The molecule has 1 aromatic heterocycles. The van der Waals surface area contributed by atoms with E-state index in [4.69, 9.17) is 21.4 Å². The van der Waals surface area contributed by atoms with Crippen LogP contribution < -0.4 is 9.47 Å². The van der Waals surface area contributed by atoms with Gasteiger partial charge in [-0.05, 0) is 37.1 Å². The summed E-state index contributed by atoms with van der Waals surface area (Å²) < 4.78 is 52.4. The second-order valence-electron chi connectivity index (χ2n) is 6.35. The molecule has 30 heavy (non-hydrogen) atoms. The van der Waals surface area contributed by atoms with Gasteiger partial charge in [0.15, 0.2) is 0 Å². The zero-order chi connectivity index (χ0) is 21.8. The number of benzene rings is 2. The zero-order valence-corrected chi connectivity index (χ0v) is 16.4. The van der Waals surface area contributed by atoms with Crippen LogP contribution in [0.1, 0.15) is 16.8 Å². The standard InChI is InChI=1S/C20H16ClF3N2O4/c1-11-6-19(30-20(27)28)25-26(11)5-4-12-7-13(21)2-3-18(12)29-10-15-16(23)8-14(22)9-17(15)24/h2-3,6-9H,4-5,10H2,1H3,(H,27,28). The van der Waals surface area contributed by atoms with Crippen molar-refractivity contribution in [3.8, 4) is 11.6 Å². The van der Waals surface area contributed by atoms with E-state index in [1.54, 1.807) is 29.8 Å². The van der Waals surface area contributed by atoms with E-state index in [-0.39, 0.29) is 5.88 Å². The third-order valence-corrected chi connectivity index (χ3v) is 4.48. The van der Waals surface area contributed by atoms with E-state index in [0.29, 0.717) is 47.1 Å². The predicted octanol–water partition coefficient (Wildman–Crippen LogP) is 5.14. The van der Waals surface area contributed by atoms with E-state index in [2.05, 4.69) is 9.84 Å². The average Bonchev–Trinajstić information content (AvgIpc) is 2.98. The smallest absolute Gasteiger partial charge is 0.488 e. The van der Waals surface area contributed by atoms with E-state index in [1.165, 1.54) is 6.07 Å². The van der Waals surface area contributed by atoms with Crippen LogP contribution in [0, 0.1) is 24.4 Å². The fraction of sp³-hybridized carbons (Fsp3) is 0.200. The van der Waals surface area contributed by atoms with Crippen molar-refractivity contribution in [2.45, 2.75) is 26.5 Å². The number of hydrogen-bond donors (Lipinski definition) is 1. The van der Waals surface area contributed by atoms with Crippen LogP contribution in [0.25, 0.3) is 0 Å². The minimum Gasteiger partial charge on any atom is -0.488 e. The summed E-state index contributed by atoms with van der Waals surface area (Å²) in [6.07, 6.45) is -1.09. The number of carbonyl (C=O) groups is 1. The fourth-order valence-electron chi connectivity index (χ4n) is 2.82. The SMILES string of the molecule is Cc1cc(OC(=O)O)nn1CCc1cc(Cl)ccc1OCc1c(F)cc(F)cc1F. The number of rotatable bonds is 7. The molecule has 3 aromatic rings. The third kappa shape index (κ3) is 5.24. The van der Waals surface area contributed by atoms with Crippen molar-refractivity contribution in [2.24, 2.45) is 0 Å². The molecule has 1 heterocycles. The average molecular weight is 441 g/mol. The summed E-state index contributed by atoms with van der Waals surface area (Å²) in [6.45, 7) is 1.63. The van der Waals surface area contributed by atoms with Crippen LogP contribution in [-0.2, 0) is 19.6 Å². The molecule has 0 aliphatic heterocycles. The van der Waals surface area contributed by atoms with Gasteiger partial charge in [0, 0.05) is 35.5 Å². The Balaban J connectivity index is 1.75. The molecule has 0 aliphatic rings. The normalized spacial score (nSPS) is 10.8. The van der Waals surface area contributed by atoms with Gasteiger partial charge in [0.1, 0.15) is 29.8 Å². The number of nitrogens with zero attached hydrogens (tertiary/aromatic N) is 2. The Bertz CT molecular complexity index is 1060. The Hall–Kier alpha value is -3.20. The van der Waals surface area contributed by atoms with Crippen LogP contribution in [0.5, 0.6) is 11.6 Å². The number of carboxylic acid groups (broad SMARTS) is 1. The number of ether oxygens (including phenoxy) is 2. The summed E-state index contributed by atoms with van der Waals surface area (Å²) in [6, 6.07) is 7.41. The van der Waals surface area contributed by atoms with Gasteiger partial charge in [-0.3, -0.25) is 4.68 Å². The molecule has 10 heteroatoms. The maximum absolute atomic E-state index is 13.8. The first-order valence-corrected chi connectivity index (χ1v) is 9.10. The summed E-state index contributed by atoms with van der Waals surface area (Å²) in [5, 5.41) is 13.2. The molecule has 0 fully saturated rings. The first kappa shape index (κ1) is 21.5. The Kier molecular flexibility index (Phi) is 6.51. The van der Waals surface area contributed by atoms with Gasteiger partial charge >= 0.3 is 6.16 Å². The lowest BCUT2D eigenvalue weighted by Crippen LogP contribution is -2.09. The number of aryl methyl sites for hydroxylation is 3. The van der Waals surface area contributed by atoms with Crippen molar-refractivity contribution in [3.05, 3.63) is 75.7 Å². The maximum Gasteiger partial charge on any atom is 0.512 e. The van der Waals surface area contributed by atoms with Crippen LogP contribution in [0.2, 0.25) is 5.02 Å². The van der Waals surface area contributed by atoms with E-state index < -0.39 is 35.8 Å². The number of aromatic nitrogens is 2. The van der Waals surface area contributed by atoms with Crippen LogP contribution >= 0.6 is 11.6 Å². The lowest BCUT2D eigenvalue weighted by Gasteiger charge is -2.13. The fourth-order valence-corrected chi connectivity index (χ4v) is 3.01. The first-order chi connectivity index (χ1) is 14.2. The number of halogens is 4. The van der Waals surface area contributed by atoms with Crippen molar-refractivity contribution in [2.75, 3.05) is 0 Å². The minimum atomic E-state index is -1.47. The highest BCUT2D eigenvalue weighted by atomic mass is 35.5. The van der Waals surface area contributed by atoms with Crippen LogP contribution in [0.3, 0.4) is 0 Å². The van der Waals surface area contributed by atoms with Gasteiger partial charge in [0.25, 0.3) is 0 Å². The Labute approximate surface area is 174 Å². The molecule has 1 N–H and O–H groups in total. The lowest BCUT2D eigenvalue weighted by molar-refractivity contribution is 0.142. The van der Waals surface area contributed by atoms with Crippen LogP contribution in [0.4, 0.5) is 18.0 Å². The largest absolute Gasteiger partial charge is 0.512 e. The molecule has 0 radical (unpaired) electrons. The molecule has 0 unspecified atom stereocenters. The molecule has 0 atom stereocenters. The predicted molar refractivity (Wildman–Crippen MR) is 101 cm³/mol. The van der Waals surface area contributed by atoms with Gasteiger partial charge in [0.05, 0.1) is 5.56 Å². The van der Waals surface area contributed by atoms with Gasteiger partial charge in [-0.25, -0.2) is 18.0 Å². The molecule has 0 aliphatic carbocycles. The van der Waals surface area contributed by atoms with Crippen molar-refractivity contribution in [1.29, 1.82) is 0 Å². The van der Waals surface area contributed by atoms with E-state index >= 15 is 0 Å². The highest BCUT2D eigenvalue weighted by molar-refractivity contribution is 6.30. The Morgan fingerprint density at radius 1 is 1.17 bits per heavy atom. The van der Waals surface area contributed by atoms with Gasteiger partial charge in [-0.2, -0.15) is 0 Å². The quantitative estimate of drug-likeness (QED) is 0.515. The molecule has 0 bridgehead atoms. The highest BCUT2D eigenvalue weighted by Crippen LogP contribution is 2.26. The highest BCUT2D eigenvalue weighted by Gasteiger charge is 2.14. The summed E-state index contributed by atoms with van der Waals surface area (Å²) in [5.41, 5.74) is 0.919. The maximum atomic E-state index is 13.8. The summed E-state index contributed by atoms with van der Waals surface area (Å²) in [7, 11) is 0. The zero-order valence-electron chi connectivity index (χ0n) is 15.7. The first-order valence-electron chi connectivity index (χ1n) is 8.73. The molecule has 6 nitrogen and oxygen atoms in total. The minimum absolute atomic E-state index is 0.0511. The molecular weight excluding hydrogens is 425 g/mol. The molecule has 0 spiro atoms. The van der Waals surface area contributed by atoms with Crippen molar-refractivity contribution < 1.29 is 32.5 Å². The molecule has 3 rings (SSSR count). The van der Waals surface area contributed by atoms with Gasteiger partial charge < -0.3 is 14.6 Å². The van der Waals surface area contributed by atoms with Crippen molar-refractivity contribution in [1.82, 2.24) is 9.78 Å². The van der Waals surface area contributed by atoms with Crippen LogP contribution in [0.15, 0.2) is 36.4 Å². The second kappa shape index (κ2) is 9.08. The topological polar surface area (TPSA) is 73.6 Å². The molecule has 158 valence electrons. The van der Waals surface area contributed by atoms with Crippen molar-refractivity contribution >= 4 is 17.8 Å². The van der Waals surface area contributed by atoms with Gasteiger partial charge in [0.2, 0.25) is 5.88 Å². The van der Waals surface area contributed by atoms with Gasteiger partial charge in [-0.1, -0.05) is 11.6 Å². The monoisotopic (exact) mass is 440 g/mol. The lowest BCUT2D eigenvalue weighted by atomic mass is 10.1. The molecular formula is C20H16ClF3N2O4. The van der Waals surface area contributed by atoms with E-state index in [9.17, 15) is 18.0 Å². The second-order valence-corrected chi connectivity index (χ2v) is 6.79. The number of hydrogen-bond acceptors (Lipinski definition) is 4. The molecule has 0 amide bonds. The molecule has 2 aromatic carbocycles. The molecule has 0 saturated heterocycles. The van der Waals surface area contributed by atoms with E-state index in [1.807, 2.05) is 0 Å². The third-order valence-electron chi connectivity index (χ3n) is 4.24. The summed E-state index contributed by atoms with van der Waals surface area (Å²) >= 11 is 6.05.